The molecule has 0 bridgehead atoms. The lowest BCUT2D eigenvalue weighted by molar-refractivity contribution is -0.120. The van der Waals surface area contributed by atoms with Gasteiger partial charge in [0.15, 0.2) is 0 Å². The minimum atomic E-state index is -3.97. The number of hydrogen-bond acceptors (Lipinski definition) is 4. The summed E-state index contributed by atoms with van der Waals surface area (Å²) in [5.41, 5.74) is 2.49. The Kier molecular flexibility index (Phi) is 7.56. The van der Waals surface area contributed by atoms with Gasteiger partial charge in [0.05, 0.1) is 5.69 Å². The van der Waals surface area contributed by atoms with E-state index in [0.717, 1.165) is 17.0 Å². The standard InChI is InChI=1S/C27H25ClFN5O4S/c28-18-5-10-23-21(15-18)24(16-30-23)33-27(36)32-20-8-6-19(7-9-20)31-26(35)17-11-13-34(14-12-17)39(37,38)25-4-2-1-3-22(25)29/h1-10,15-17,30H,11-14H2,(H,31,35)(H2,32,33,36). The molecule has 0 aliphatic carbocycles. The van der Waals surface area contributed by atoms with Crippen LogP contribution in [0.15, 0.2) is 77.8 Å². The lowest BCUT2D eigenvalue weighted by atomic mass is 9.97. The van der Waals surface area contributed by atoms with Crippen molar-refractivity contribution in [2.24, 2.45) is 5.92 Å². The number of anilines is 3. The fourth-order valence-electron chi connectivity index (χ4n) is 4.51. The van der Waals surface area contributed by atoms with Crippen LogP contribution in [-0.4, -0.2) is 42.7 Å². The predicted molar refractivity (Wildman–Crippen MR) is 149 cm³/mol. The van der Waals surface area contributed by atoms with Crippen molar-refractivity contribution < 1.29 is 22.4 Å². The molecule has 1 aromatic heterocycles. The number of sulfonamides is 1. The summed E-state index contributed by atoms with van der Waals surface area (Å²) in [5, 5.41) is 9.70. The van der Waals surface area contributed by atoms with Gasteiger partial charge in [-0.25, -0.2) is 17.6 Å². The number of carbonyl (C=O) groups excluding carboxylic acids is 2. The number of piperidine rings is 1. The van der Waals surface area contributed by atoms with Crippen LogP contribution in [-0.2, 0) is 14.8 Å². The minimum Gasteiger partial charge on any atom is -0.359 e. The second-order valence-electron chi connectivity index (χ2n) is 9.15. The van der Waals surface area contributed by atoms with Gasteiger partial charge in [-0.2, -0.15) is 4.31 Å². The van der Waals surface area contributed by atoms with Crippen LogP contribution in [0, 0.1) is 11.7 Å². The molecule has 12 heteroatoms. The van der Waals surface area contributed by atoms with E-state index in [1.807, 2.05) is 6.07 Å². The SMILES string of the molecule is O=C(Nc1ccc(NC(=O)C2CCN(S(=O)(=O)c3ccccc3F)CC2)cc1)Nc1c[nH]c2ccc(Cl)cc12. The summed E-state index contributed by atoms with van der Waals surface area (Å²) in [6.07, 6.45) is 2.32. The van der Waals surface area contributed by atoms with E-state index in [-0.39, 0.29) is 29.8 Å². The summed E-state index contributed by atoms with van der Waals surface area (Å²) < 4.78 is 40.8. The lowest BCUT2D eigenvalue weighted by Crippen LogP contribution is -2.41. The van der Waals surface area contributed by atoms with Crippen molar-refractivity contribution >= 4 is 61.5 Å². The molecule has 3 aromatic carbocycles. The van der Waals surface area contributed by atoms with Gasteiger partial charge in [-0.15, -0.1) is 0 Å². The first kappa shape index (κ1) is 26.7. The Labute approximate surface area is 229 Å². The highest BCUT2D eigenvalue weighted by Crippen LogP contribution is 2.28. The molecule has 1 aliphatic heterocycles. The third kappa shape index (κ3) is 5.90. The van der Waals surface area contributed by atoms with Crippen molar-refractivity contribution in [3.05, 3.63) is 83.8 Å². The molecule has 2 heterocycles. The molecule has 202 valence electrons. The maximum Gasteiger partial charge on any atom is 0.323 e. The maximum absolute atomic E-state index is 14.0. The van der Waals surface area contributed by atoms with Gasteiger partial charge in [-0.1, -0.05) is 23.7 Å². The van der Waals surface area contributed by atoms with E-state index in [4.69, 9.17) is 11.6 Å². The highest BCUT2D eigenvalue weighted by molar-refractivity contribution is 7.89. The molecule has 9 nitrogen and oxygen atoms in total. The number of H-pyrrole nitrogens is 1. The van der Waals surface area contributed by atoms with Crippen LogP contribution in [0.25, 0.3) is 10.9 Å². The number of nitrogens with zero attached hydrogens (tertiary/aromatic N) is 1. The highest BCUT2D eigenvalue weighted by Gasteiger charge is 2.33. The molecule has 0 spiro atoms. The van der Waals surface area contributed by atoms with Crippen LogP contribution in [0.3, 0.4) is 0 Å². The van der Waals surface area contributed by atoms with Crippen molar-refractivity contribution in [1.29, 1.82) is 0 Å². The van der Waals surface area contributed by atoms with E-state index in [0.29, 0.717) is 34.9 Å². The number of hydrogen-bond donors (Lipinski definition) is 4. The zero-order chi connectivity index (χ0) is 27.6. The molecule has 1 aliphatic rings. The van der Waals surface area contributed by atoms with Crippen LogP contribution < -0.4 is 16.0 Å². The maximum atomic E-state index is 14.0. The Morgan fingerprint density at radius 1 is 0.923 bits per heavy atom. The minimum absolute atomic E-state index is 0.120. The summed E-state index contributed by atoms with van der Waals surface area (Å²) in [7, 11) is -3.97. The summed E-state index contributed by atoms with van der Waals surface area (Å²) in [5.74, 6) is -1.41. The number of amides is 3. The first-order chi connectivity index (χ1) is 18.7. The Bertz CT molecular complexity index is 1630. The molecule has 3 amide bonds. The number of urea groups is 1. The zero-order valence-electron chi connectivity index (χ0n) is 20.6. The molecule has 0 unspecified atom stereocenters. The molecule has 1 fully saturated rings. The Hall–Kier alpha value is -3.93. The topological polar surface area (TPSA) is 123 Å². The van der Waals surface area contributed by atoms with E-state index in [1.54, 1.807) is 42.6 Å². The molecule has 4 N–H and O–H groups in total. The zero-order valence-corrected chi connectivity index (χ0v) is 22.2. The van der Waals surface area contributed by atoms with E-state index in [1.165, 1.54) is 22.5 Å². The van der Waals surface area contributed by atoms with Gasteiger partial charge >= 0.3 is 6.03 Å². The van der Waals surface area contributed by atoms with Crippen LogP contribution in [0.1, 0.15) is 12.8 Å². The number of fused-ring (bicyclic) bond motifs is 1. The Morgan fingerprint density at radius 3 is 2.28 bits per heavy atom. The number of nitrogens with one attached hydrogen (secondary N) is 4. The summed E-state index contributed by atoms with van der Waals surface area (Å²) in [6, 6.07) is 16.8. The van der Waals surface area contributed by atoms with E-state index < -0.39 is 21.9 Å². The van der Waals surface area contributed by atoms with Crippen molar-refractivity contribution in [3.8, 4) is 0 Å². The number of rotatable bonds is 6. The first-order valence-corrected chi connectivity index (χ1v) is 14.0. The third-order valence-corrected chi connectivity index (χ3v) is 8.75. The molecule has 1 saturated heterocycles. The van der Waals surface area contributed by atoms with Crippen molar-refractivity contribution in [1.82, 2.24) is 9.29 Å². The quantitative estimate of drug-likeness (QED) is 0.240. The Morgan fingerprint density at radius 2 is 1.59 bits per heavy atom. The fourth-order valence-corrected chi connectivity index (χ4v) is 6.22. The molecular formula is C27H25ClFN5O4S. The average molecular weight is 570 g/mol. The van der Waals surface area contributed by atoms with Gasteiger partial charge in [0.25, 0.3) is 0 Å². The summed E-state index contributed by atoms with van der Waals surface area (Å²) in [4.78, 5) is 28.0. The van der Waals surface area contributed by atoms with Gasteiger partial charge in [-0.3, -0.25) is 4.79 Å². The van der Waals surface area contributed by atoms with E-state index >= 15 is 0 Å². The molecule has 0 radical (unpaired) electrons. The second-order valence-corrected chi connectivity index (χ2v) is 11.5. The molecule has 39 heavy (non-hydrogen) atoms. The van der Waals surface area contributed by atoms with Gasteiger partial charge < -0.3 is 20.9 Å². The van der Waals surface area contributed by atoms with Crippen LogP contribution in [0.5, 0.6) is 0 Å². The van der Waals surface area contributed by atoms with Crippen LogP contribution in [0.4, 0.5) is 26.2 Å². The molecule has 4 aromatic rings. The molecular weight excluding hydrogens is 545 g/mol. The first-order valence-electron chi connectivity index (χ1n) is 12.2. The van der Waals surface area contributed by atoms with Gasteiger partial charge in [0.1, 0.15) is 10.7 Å². The van der Waals surface area contributed by atoms with Crippen molar-refractivity contribution in [2.75, 3.05) is 29.0 Å². The monoisotopic (exact) mass is 569 g/mol. The summed E-state index contributed by atoms with van der Waals surface area (Å²) >= 11 is 6.06. The molecule has 0 saturated carbocycles. The lowest BCUT2D eigenvalue weighted by Gasteiger charge is -2.30. The van der Waals surface area contributed by atoms with Gasteiger partial charge in [0.2, 0.25) is 15.9 Å². The largest absolute Gasteiger partial charge is 0.359 e. The van der Waals surface area contributed by atoms with Crippen molar-refractivity contribution in [3.63, 3.8) is 0 Å². The number of carbonyl (C=O) groups is 2. The third-order valence-electron chi connectivity index (χ3n) is 6.58. The van der Waals surface area contributed by atoms with Gasteiger partial charge in [0, 0.05) is 52.5 Å². The fraction of sp³-hybridized carbons (Fsp3) is 0.185. The second kappa shape index (κ2) is 11.0. The van der Waals surface area contributed by atoms with Crippen LogP contribution in [0.2, 0.25) is 5.02 Å². The number of halogens is 2. The normalized spacial score (nSPS) is 14.7. The van der Waals surface area contributed by atoms with E-state index in [9.17, 15) is 22.4 Å². The average Bonchev–Trinajstić information content (AvgIpc) is 3.31. The number of benzene rings is 3. The smallest absolute Gasteiger partial charge is 0.323 e. The highest BCUT2D eigenvalue weighted by atomic mass is 35.5. The number of aromatic nitrogens is 1. The molecule has 5 rings (SSSR count). The number of aromatic amines is 1. The predicted octanol–water partition coefficient (Wildman–Crippen LogP) is 5.64. The van der Waals surface area contributed by atoms with E-state index in [2.05, 4.69) is 20.9 Å². The van der Waals surface area contributed by atoms with Gasteiger partial charge in [-0.05, 0) is 67.4 Å². The molecule has 0 atom stereocenters. The van der Waals surface area contributed by atoms with Crippen LogP contribution >= 0.6 is 11.6 Å². The summed E-state index contributed by atoms with van der Waals surface area (Å²) in [6.45, 7) is 0.241. The Balaban J connectivity index is 1.13. The van der Waals surface area contributed by atoms with Crippen molar-refractivity contribution in [2.45, 2.75) is 17.7 Å².